The second-order valence-electron chi connectivity index (χ2n) is 4.33. The number of aromatic nitrogens is 1. The molecule has 1 amide bonds. The van der Waals surface area contributed by atoms with Crippen molar-refractivity contribution in [3.63, 3.8) is 0 Å². The van der Waals surface area contributed by atoms with Crippen LogP contribution in [0, 0.1) is 0 Å². The molecule has 2 N–H and O–H groups in total. The molecule has 2 rings (SSSR count). The number of pyridine rings is 1. The van der Waals surface area contributed by atoms with Crippen molar-refractivity contribution < 1.29 is 9.21 Å². The summed E-state index contributed by atoms with van der Waals surface area (Å²) in [5.41, 5.74) is 1.30. The normalized spacial score (nSPS) is 11.9. The first kappa shape index (κ1) is 13.1. The summed E-state index contributed by atoms with van der Waals surface area (Å²) in [5, 5.41) is 5.91. The zero-order valence-corrected chi connectivity index (χ0v) is 11.0. The summed E-state index contributed by atoms with van der Waals surface area (Å²) in [5.74, 6) is 0.712. The van der Waals surface area contributed by atoms with E-state index < -0.39 is 0 Å². The van der Waals surface area contributed by atoms with Gasteiger partial charge in [-0.15, -0.1) is 0 Å². The van der Waals surface area contributed by atoms with Crippen molar-refractivity contribution in [2.75, 3.05) is 12.4 Å². The minimum Gasteiger partial charge on any atom is -0.469 e. The third-order valence-electron chi connectivity index (χ3n) is 2.80. The van der Waals surface area contributed by atoms with Gasteiger partial charge in [0.15, 0.2) is 0 Å². The van der Waals surface area contributed by atoms with Crippen LogP contribution in [-0.4, -0.2) is 24.0 Å². The fourth-order valence-corrected chi connectivity index (χ4v) is 1.88. The van der Waals surface area contributed by atoms with Gasteiger partial charge in [0.1, 0.15) is 5.76 Å². The van der Waals surface area contributed by atoms with Gasteiger partial charge >= 0.3 is 0 Å². The van der Waals surface area contributed by atoms with Crippen LogP contribution in [0.4, 0.5) is 5.69 Å². The number of nitrogens with one attached hydrogen (secondary N) is 2. The second kappa shape index (κ2) is 6.04. The van der Waals surface area contributed by atoms with E-state index in [0.29, 0.717) is 12.0 Å². The number of carbonyl (C=O) groups excluding carboxylic acids is 1. The highest BCUT2D eigenvalue weighted by atomic mass is 16.3. The van der Waals surface area contributed by atoms with E-state index in [0.717, 1.165) is 11.4 Å². The Hall–Kier alpha value is -2.30. The lowest BCUT2D eigenvalue weighted by Crippen LogP contribution is -2.34. The second-order valence-corrected chi connectivity index (χ2v) is 4.33. The molecule has 5 nitrogen and oxygen atoms in total. The average molecular weight is 259 g/mol. The van der Waals surface area contributed by atoms with Crippen molar-refractivity contribution in [3.05, 3.63) is 48.2 Å². The smallest absolute Gasteiger partial charge is 0.255 e. The van der Waals surface area contributed by atoms with E-state index in [9.17, 15) is 4.79 Å². The van der Waals surface area contributed by atoms with Crippen LogP contribution < -0.4 is 10.6 Å². The maximum atomic E-state index is 12.1. The highest BCUT2D eigenvalue weighted by Crippen LogP contribution is 2.13. The Morgan fingerprint density at radius 3 is 3.00 bits per heavy atom. The molecule has 2 heterocycles. The lowest BCUT2D eigenvalue weighted by atomic mass is 10.1. The predicted molar refractivity (Wildman–Crippen MR) is 73.1 cm³/mol. The summed E-state index contributed by atoms with van der Waals surface area (Å²) in [6, 6.07) is 5.49. The molecule has 19 heavy (non-hydrogen) atoms. The van der Waals surface area contributed by atoms with E-state index in [1.54, 1.807) is 31.8 Å². The summed E-state index contributed by atoms with van der Waals surface area (Å²) in [6.07, 6.45) is 5.49. The molecule has 0 bridgehead atoms. The fraction of sp³-hybridized carbons (Fsp3) is 0.286. The zero-order chi connectivity index (χ0) is 13.7. The molecule has 2 aromatic heterocycles. The molecule has 0 spiro atoms. The van der Waals surface area contributed by atoms with Gasteiger partial charge in [-0.2, -0.15) is 0 Å². The van der Waals surface area contributed by atoms with Crippen molar-refractivity contribution in [1.29, 1.82) is 0 Å². The first-order valence-corrected chi connectivity index (χ1v) is 6.15. The van der Waals surface area contributed by atoms with Crippen molar-refractivity contribution in [1.82, 2.24) is 10.3 Å². The lowest BCUT2D eigenvalue weighted by Gasteiger charge is -2.14. The van der Waals surface area contributed by atoms with Crippen LogP contribution in [0.3, 0.4) is 0 Å². The van der Waals surface area contributed by atoms with Crippen LogP contribution in [0.15, 0.2) is 41.3 Å². The number of hydrogen-bond donors (Lipinski definition) is 2. The Kier molecular flexibility index (Phi) is 4.18. The van der Waals surface area contributed by atoms with E-state index in [1.807, 2.05) is 19.1 Å². The van der Waals surface area contributed by atoms with Gasteiger partial charge in [0.25, 0.3) is 5.91 Å². The first-order valence-electron chi connectivity index (χ1n) is 6.15. The number of carbonyl (C=O) groups is 1. The van der Waals surface area contributed by atoms with Crippen molar-refractivity contribution in [2.45, 2.75) is 19.4 Å². The van der Waals surface area contributed by atoms with Crippen molar-refractivity contribution >= 4 is 11.6 Å². The Morgan fingerprint density at radius 2 is 2.32 bits per heavy atom. The van der Waals surface area contributed by atoms with Crippen LogP contribution >= 0.6 is 0 Å². The molecule has 0 aliphatic carbocycles. The van der Waals surface area contributed by atoms with Gasteiger partial charge in [-0.3, -0.25) is 9.78 Å². The fourth-order valence-electron chi connectivity index (χ4n) is 1.88. The lowest BCUT2D eigenvalue weighted by molar-refractivity contribution is 0.0939. The molecule has 0 saturated heterocycles. The van der Waals surface area contributed by atoms with Crippen molar-refractivity contribution in [3.8, 4) is 0 Å². The highest BCUT2D eigenvalue weighted by Gasteiger charge is 2.14. The summed E-state index contributed by atoms with van der Waals surface area (Å²) in [4.78, 5) is 16.1. The third-order valence-corrected chi connectivity index (χ3v) is 2.80. The molecule has 0 saturated carbocycles. The van der Waals surface area contributed by atoms with E-state index in [4.69, 9.17) is 4.42 Å². The molecule has 0 aliphatic heterocycles. The quantitative estimate of drug-likeness (QED) is 0.862. The van der Waals surface area contributed by atoms with Gasteiger partial charge in [-0.1, -0.05) is 0 Å². The van der Waals surface area contributed by atoms with Gasteiger partial charge in [0, 0.05) is 37.6 Å². The molecular weight excluding hydrogens is 242 g/mol. The minimum absolute atomic E-state index is 0.0106. The van der Waals surface area contributed by atoms with Crippen LogP contribution in [-0.2, 0) is 6.42 Å². The summed E-state index contributed by atoms with van der Waals surface area (Å²) >= 11 is 0. The van der Waals surface area contributed by atoms with Crippen LogP contribution in [0.5, 0.6) is 0 Å². The minimum atomic E-state index is -0.142. The number of amides is 1. The molecule has 0 aliphatic rings. The van der Waals surface area contributed by atoms with E-state index in [2.05, 4.69) is 15.6 Å². The molecule has 100 valence electrons. The van der Waals surface area contributed by atoms with Gasteiger partial charge in [-0.25, -0.2) is 0 Å². The topological polar surface area (TPSA) is 67.2 Å². The highest BCUT2D eigenvalue weighted by molar-refractivity contribution is 5.99. The third kappa shape index (κ3) is 3.34. The molecule has 1 unspecified atom stereocenters. The first-order chi connectivity index (χ1) is 9.20. The molecular formula is C14H17N3O2. The van der Waals surface area contributed by atoms with Gasteiger partial charge in [0.05, 0.1) is 11.8 Å². The van der Waals surface area contributed by atoms with E-state index >= 15 is 0 Å². The SMILES string of the molecule is CNc1ccncc1C(=O)NC(C)Cc1ccco1. The molecule has 0 radical (unpaired) electrons. The van der Waals surface area contributed by atoms with Gasteiger partial charge in [-0.05, 0) is 25.1 Å². The molecule has 5 heteroatoms. The molecule has 2 aromatic rings. The largest absolute Gasteiger partial charge is 0.469 e. The Morgan fingerprint density at radius 1 is 1.47 bits per heavy atom. The van der Waals surface area contributed by atoms with E-state index in [-0.39, 0.29) is 11.9 Å². The van der Waals surface area contributed by atoms with Crippen molar-refractivity contribution in [2.24, 2.45) is 0 Å². The molecule has 0 fully saturated rings. The van der Waals surface area contributed by atoms with Gasteiger partial charge in [0.2, 0.25) is 0 Å². The number of hydrogen-bond acceptors (Lipinski definition) is 4. The number of anilines is 1. The maximum Gasteiger partial charge on any atom is 0.255 e. The zero-order valence-electron chi connectivity index (χ0n) is 11.0. The van der Waals surface area contributed by atoms with Gasteiger partial charge < -0.3 is 15.1 Å². The Balaban J connectivity index is 2.00. The number of furan rings is 1. The van der Waals surface area contributed by atoms with Crippen LogP contribution in [0.2, 0.25) is 0 Å². The average Bonchev–Trinajstić information content (AvgIpc) is 2.91. The monoisotopic (exact) mass is 259 g/mol. The Labute approximate surface area is 112 Å². The standard InChI is InChI=1S/C14H17N3O2/c1-10(8-11-4-3-7-19-11)17-14(18)12-9-16-6-5-13(12)15-2/h3-7,9-10H,8H2,1-2H3,(H,15,16)(H,17,18). The molecule has 0 aromatic carbocycles. The summed E-state index contributed by atoms with van der Waals surface area (Å²) in [7, 11) is 1.78. The Bertz CT molecular complexity index is 537. The van der Waals surface area contributed by atoms with E-state index in [1.165, 1.54) is 0 Å². The summed E-state index contributed by atoms with van der Waals surface area (Å²) in [6.45, 7) is 1.94. The predicted octanol–water partition coefficient (Wildman–Crippen LogP) is 2.08. The number of nitrogens with zero attached hydrogens (tertiary/aromatic N) is 1. The molecule has 1 atom stereocenters. The van der Waals surface area contributed by atoms with Crippen LogP contribution in [0.1, 0.15) is 23.0 Å². The number of rotatable bonds is 5. The van der Waals surface area contributed by atoms with Crippen LogP contribution in [0.25, 0.3) is 0 Å². The summed E-state index contributed by atoms with van der Waals surface area (Å²) < 4.78 is 5.26. The maximum absolute atomic E-state index is 12.1.